The Morgan fingerprint density at radius 3 is 2.71 bits per heavy atom. The summed E-state index contributed by atoms with van der Waals surface area (Å²) in [5, 5.41) is 4.63. The van der Waals surface area contributed by atoms with Crippen LogP contribution >= 0.6 is 0 Å². The van der Waals surface area contributed by atoms with Gasteiger partial charge < -0.3 is 10.2 Å². The molecule has 34 heavy (non-hydrogen) atoms. The quantitative estimate of drug-likeness (QED) is 0.608. The molecule has 0 saturated carbocycles. The summed E-state index contributed by atoms with van der Waals surface area (Å²) in [5.41, 5.74) is 3.08. The minimum Gasteiger partial charge on any atom is -0.356 e. The van der Waals surface area contributed by atoms with Crippen LogP contribution in [-0.4, -0.2) is 58.2 Å². The number of aryl methyl sites for hydroxylation is 1. The predicted molar refractivity (Wildman–Crippen MR) is 139 cm³/mol. The molecule has 1 N–H and O–H groups in total. The summed E-state index contributed by atoms with van der Waals surface area (Å²) in [4.78, 5) is 27.4. The maximum absolute atomic E-state index is 12.8. The van der Waals surface area contributed by atoms with Gasteiger partial charge in [-0.15, -0.1) is 0 Å². The fourth-order valence-electron chi connectivity index (χ4n) is 5.29. The normalized spacial score (nSPS) is 19.7. The molecule has 2 aromatic heterocycles. The molecular formula is C27H36N6O. The standard InChI is InChI=1S/C27H36N6O/c1-19-8-10-24-22(18-19)26(34)31(3)27(30-24)28-13-12-20(2)32-14-16-33(17-15-32)25-11-9-21-6-4-5-7-23(21)29-25/h4-7,9,11,19-20H,8,10,12-18H2,1-3H3,(H,28,30). The van der Waals surface area contributed by atoms with Crippen LogP contribution in [0.25, 0.3) is 10.9 Å². The maximum atomic E-state index is 12.8. The second-order valence-corrected chi connectivity index (χ2v) is 10.0. The molecule has 3 aromatic rings. The lowest BCUT2D eigenvalue weighted by atomic mass is 9.88. The molecule has 7 heteroatoms. The smallest absolute Gasteiger partial charge is 0.258 e. The lowest BCUT2D eigenvalue weighted by Crippen LogP contribution is -2.50. The van der Waals surface area contributed by atoms with Gasteiger partial charge in [0, 0.05) is 56.8 Å². The van der Waals surface area contributed by atoms with Gasteiger partial charge in [-0.25, -0.2) is 9.97 Å². The van der Waals surface area contributed by atoms with Gasteiger partial charge in [-0.3, -0.25) is 14.3 Å². The van der Waals surface area contributed by atoms with Crippen molar-refractivity contribution < 1.29 is 0 Å². The Hall–Kier alpha value is -2.93. The number of fused-ring (bicyclic) bond motifs is 2. The first-order chi connectivity index (χ1) is 16.5. The molecule has 0 amide bonds. The summed E-state index contributed by atoms with van der Waals surface area (Å²) in [7, 11) is 1.83. The number of anilines is 2. The van der Waals surface area contributed by atoms with Crippen molar-refractivity contribution in [1.29, 1.82) is 0 Å². The van der Waals surface area contributed by atoms with E-state index in [-0.39, 0.29) is 5.56 Å². The van der Waals surface area contributed by atoms with Crippen molar-refractivity contribution in [2.45, 2.75) is 45.6 Å². The van der Waals surface area contributed by atoms with E-state index in [9.17, 15) is 4.79 Å². The van der Waals surface area contributed by atoms with Crippen molar-refractivity contribution in [3.63, 3.8) is 0 Å². The van der Waals surface area contributed by atoms with Crippen LogP contribution in [0.3, 0.4) is 0 Å². The van der Waals surface area contributed by atoms with Crippen molar-refractivity contribution in [2.75, 3.05) is 42.9 Å². The van der Waals surface area contributed by atoms with E-state index in [4.69, 9.17) is 9.97 Å². The van der Waals surface area contributed by atoms with Crippen LogP contribution in [-0.2, 0) is 19.9 Å². The van der Waals surface area contributed by atoms with Gasteiger partial charge in [0.15, 0.2) is 0 Å². The first-order valence-electron chi connectivity index (χ1n) is 12.7. The minimum absolute atomic E-state index is 0.116. The van der Waals surface area contributed by atoms with Gasteiger partial charge >= 0.3 is 0 Å². The average molecular weight is 461 g/mol. The van der Waals surface area contributed by atoms with Gasteiger partial charge in [0.25, 0.3) is 5.56 Å². The molecule has 1 saturated heterocycles. The minimum atomic E-state index is 0.116. The van der Waals surface area contributed by atoms with Crippen molar-refractivity contribution in [1.82, 2.24) is 19.4 Å². The average Bonchev–Trinajstić information content (AvgIpc) is 2.87. The number of nitrogens with zero attached hydrogens (tertiary/aromatic N) is 5. The number of hydrogen-bond acceptors (Lipinski definition) is 6. The van der Waals surface area contributed by atoms with E-state index in [0.717, 1.165) is 81.0 Å². The highest BCUT2D eigenvalue weighted by atomic mass is 16.1. The van der Waals surface area contributed by atoms with Crippen molar-refractivity contribution in [3.05, 3.63) is 58.0 Å². The van der Waals surface area contributed by atoms with E-state index in [1.165, 1.54) is 5.39 Å². The van der Waals surface area contributed by atoms with Gasteiger partial charge in [-0.05, 0) is 56.7 Å². The Morgan fingerprint density at radius 1 is 1.09 bits per heavy atom. The lowest BCUT2D eigenvalue weighted by molar-refractivity contribution is 0.191. The summed E-state index contributed by atoms with van der Waals surface area (Å²) < 4.78 is 1.69. The van der Waals surface area contributed by atoms with Crippen LogP contribution in [0, 0.1) is 5.92 Å². The first kappa shape index (κ1) is 22.8. The number of aromatic nitrogens is 3. The Bertz CT molecular complexity index is 1210. The van der Waals surface area contributed by atoms with Crippen molar-refractivity contribution >= 4 is 22.7 Å². The molecule has 180 valence electrons. The monoisotopic (exact) mass is 460 g/mol. The van der Waals surface area contributed by atoms with E-state index >= 15 is 0 Å². The Kier molecular flexibility index (Phi) is 6.55. The van der Waals surface area contributed by atoms with E-state index in [1.54, 1.807) is 4.57 Å². The van der Waals surface area contributed by atoms with Crippen LogP contribution in [0.15, 0.2) is 41.2 Å². The number of para-hydroxylation sites is 1. The molecule has 1 aliphatic carbocycles. The zero-order valence-electron chi connectivity index (χ0n) is 20.6. The molecule has 2 atom stereocenters. The van der Waals surface area contributed by atoms with Gasteiger partial charge in [0.2, 0.25) is 5.95 Å². The topological polar surface area (TPSA) is 66.3 Å². The number of piperazine rings is 1. The number of pyridine rings is 1. The van der Waals surface area contributed by atoms with E-state index in [1.807, 2.05) is 13.1 Å². The van der Waals surface area contributed by atoms with E-state index < -0.39 is 0 Å². The third-order valence-electron chi connectivity index (χ3n) is 7.59. The molecule has 7 nitrogen and oxygen atoms in total. The third kappa shape index (κ3) is 4.67. The second-order valence-electron chi connectivity index (χ2n) is 10.0. The van der Waals surface area contributed by atoms with Gasteiger partial charge in [-0.2, -0.15) is 0 Å². The van der Waals surface area contributed by atoms with E-state index in [2.05, 4.69) is 59.3 Å². The summed E-state index contributed by atoms with van der Waals surface area (Å²) >= 11 is 0. The largest absolute Gasteiger partial charge is 0.356 e. The number of benzene rings is 1. The lowest BCUT2D eigenvalue weighted by Gasteiger charge is -2.38. The third-order valence-corrected chi connectivity index (χ3v) is 7.59. The Balaban J connectivity index is 1.14. The zero-order valence-corrected chi connectivity index (χ0v) is 20.6. The van der Waals surface area contributed by atoms with Crippen molar-refractivity contribution in [3.8, 4) is 0 Å². The highest BCUT2D eigenvalue weighted by Crippen LogP contribution is 2.23. The molecule has 3 heterocycles. The molecule has 2 aliphatic rings. The van der Waals surface area contributed by atoms with E-state index in [0.29, 0.717) is 17.9 Å². The molecule has 5 rings (SSSR count). The molecule has 0 radical (unpaired) electrons. The zero-order chi connectivity index (χ0) is 23.7. The molecule has 2 unspecified atom stereocenters. The molecule has 1 aliphatic heterocycles. The predicted octanol–water partition coefficient (Wildman–Crippen LogP) is 3.47. The summed E-state index contributed by atoms with van der Waals surface area (Å²) in [6, 6.07) is 13.1. The number of rotatable bonds is 6. The molecule has 1 aromatic carbocycles. The van der Waals surface area contributed by atoms with Gasteiger partial charge in [-0.1, -0.05) is 25.1 Å². The first-order valence-corrected chi connectivity index (χ1v) is 12.7. The summed E-state index contributed by atoms with van der Waals surface area (Å²) in [5.74, 6) is 2.35. The summed E-state index contributed by atoms with van der Waals surface area (Å²) in [6.07, 6.45) is 3.89. The van der Waals surface area contributed by atoms with Gasteiger partial charge in [0.1, 0.15) is 5.82 Å². The Morgan fingerprint density at radius 2 is 1.88 bits per heavy atom. The molecule has 0 bridgehead atoms. The molecule has 0 spiro atoms. The summed E-state index contributed by atoms with van der Waals surface area (Å²) in [6.45, 7) is 9.36. The molecule has 1 fully saturated rings. The second kappa shape index (κ2) is 9.74. The highest BCUT2D eigenvalue weighted by Gasteiger charge is 2.23. The van der Waals surface area contributed by atoms with Crippen LogP contribution in [0.4, 0.5) is 11.8 Å². The number of nitrogens with one attached hydrogen (secondary N) is 1. The maximum Gasteiger partial charge on any atom is 0.258 e. The van der Waals surface area contributed by atoms with Crippen LogP contribution in [0.5, 0.6) is 0 Å². The van der Waals surface area contributed by atoms with Crippen molar-refractivity contribution in [2.24, 2.45) is 13.0 Å². The number of hydrogen-bond donors (Lipinski definition) is 1. The van der Waals surface area contributed by atoms with Crippen LogP contribution < -0.4 is 15.8 Å². The Labute approximate surface area is 201 Å². The van der Waals surface area contributed by atoms with Gasteiger partial charge in [0.05, 0.1) is 11.2 Å². The fourth-order valence-corrected chi connectivity index (χ4v) is 5.29. The SMILES string of the molecule is CC1CCc2nc(NCCC(C)N3CCN(c4ccc5ccccc5n4)CC3)n(C)c(=O)c2C1. The van der Waals surface area contributed by atoms with Crippen LogP contribution in [0.2, 0.25) is 0 Å². The molecular weight excluding hydrogens is 424 g/mol. The van der Waals surface area contributed by atoms with Crippen LogP contribution in [0.1, 0.15) is 37.9 Å². The fraction of sp³-hybridized carbons (Fsp3) is 0.519. The highest BCUT2D eigenvalue weighted by molar-refractivity contribution is 5.80.